The van der Waals surface area contributed by atoms with E-state index in [9.17, 15) is 4.79 Å². The van der Waals surface area contributed by atoms with Crippen molar-refractivity contribution < 1.29 is 4.79 Å². The number of halogens is 1. The lowest BCUT2D eigenvalue weighted by Crippen LogP contribution is -2.13. The predicted molar refractivity (Wildman–Crippen MR) is 42.0 cm³/mol. The molecule has 1 rings (SSSR count). The van der Waals surface area contributed by atoms with E-state index in [1.165, 1.54) is 0 Å². The minimum absolute atomic E-state index is 0.0127. The molecule has 0 unspecified atom stereocenters. The molecule has 0 spiro atoms. The van der Waals surface area contributed by atoms with Crippen molar-refractivity contribution >= 4 is 16.8 Å². The summed E-state index contributed by atoms with van der Waals surface area (Å²) in [7, 11) is 0. The number of hydrogen-bond donors (Lipinski definition) is 0. The maximum absolute atomic E-state index is 10.8. The van der Waals surface area contributed by atoms with Crippen molar-refractivity contribution in [2.24, 2.45) is 5.41 Å². The van der Waals surface area contributed by atoms with Crippen LogP contribution in [0, 0.1) is 5.41 Å². The van der Waals surface area contributed by atoms with Gasteiger partial charge < -0.3 is 0 Å². The van der Waals surface area contributed by atoms with Crippen molar-refractivity contribution in [1.29, 1.82) is 0 Å². The second-order valence-corrected chi connectivity index (χ2v) is 3.66. The fourth-order valence-corrected chi connectivity index (χ4v) is 1.67. The van der Waals surface area contributed by atoms with Gasteiger partial charge in [-0.3, -0.25) is 4.79 Å². The molecule has 0 aromatic heterocycles. The summed E-state index contributed by atoms with van der Waals surface area (Å²) in [6.45, 7) is 4.10. The summed E-state index contributed by atoms with van der Waals surface area (Å²) >= 11 is 5.36. The molecule has 0 aromatic rings. The lowest BCUT2D eigenvalue weighted by atomic mass is 9.86. The number of allylic oxidation sites excluding steroid dienone is 2. The van der Waals surface area contributed by atoms with E-state index in [0.29, 0.717) is 0 Å². The highest BCUT2D eigenvalue weighted by Gasteiger charge is 2.30. The molecule has 1 aliphatic carbocycles. The Balaban J connectivity index is 2.85. The molecule has 1 aliphatic rings. The molecule has 0 aliphatic heterocycles. The minimum Gasteiger partial charge on any atom is -0.276 e. The van der Waals surface area contributed by atoms with Crippen LogP contribution in [-0.2, 0) is 4.79 Å². The average molecular weight is 159 g/mol. The molecule has 0 radical (unpaired) electrons. The molecule has 0 heterocycles. The van der Waals surface area contributed by atoms with Gasteiger partial charge in [-0.2, -0.15) is 0 Å². The largest absolute Gasteiger partial charge is 0.276 e. The van der Waals surface area contributed by atoms with Gasteiger partial charge in [0.2, 0.25) is 5.24 Å². The zero-order chi connectivity index (χ0) is 7.78. The summed E-state index contributed by atoms with van der Waals surface area (Å²) in [4.78, 5) is 10.8. The Labute approximate surface area is 66.1 Å². The number of hydrogen-bond acceptors (Lipinski definition) is 1. The van der Waals surface area contributed by atoms with E-state index in [2.05, 4.69) is 0 Å². The SMILES string of the molecule is CC1(C)CCC=C1C(=O)Cl. The quantitative estimate of drug-likeness (QED) is 0.536. The van der Waals surface area contributed by atoms with Crippen LogP contribution >= 0.6 is 11.6 Å². The van der Waals surface area contributed by atoms with Crippen LogP contribution in [0.15, 0.2) is 11.6 Å². The fraction of sp³-hybridized carbons (Fsp3) is 0.625. The highest BCUT2D eigenvalue weighted by molar-refractivity contribution is 6.67. The third kappa shape index (κ3) is 1.24. The van der Waals surface area contributed by atoms with Gasteiger partial charge in [-0.05, 0) is 29.9 Å². The maximum atomic E-state index is 10.8. The lowest BCUT2D eigenvalue weighted by Gasteiger charge is -2.18. The van der Waals surface area contributed by atoms with E-state index >= 15 is 0 Å². The van der Waals surface area contributed by atoms with Gasteiger partial charge in [0.05, 0.1) is 0 Å². The lowest BCUT2D eigenvalue weighted by molar-refractivity contribution is -0.109. The van der Waals surface area contributed by atoms with E-state index in [1.807, 2.05) is 19.9 Å². The van der Waals surface area contributed by atoms with E-state index in [4.69, 9.17) is 11.6 Å². The summed E-state index contributed by atoms with van der Waals surface area (Å²) < 4.78 is 0. The molecule has 0 fully saturated rings. The molecule has 2 heteroatoms. The van der Waals surface area contributed by atoms with Crippen LogP contribution in [0.2, 0.25) is 0 Å². The molecular formula is C8H11ClO. The van der Waals surface area contributed by atoms with Crippen LogP contribution in [0.3, 0.4) is 0 Å². The Hall–Kier alpha value is -0.300. The number of rotatable bonds is 1. The topological polar surface area (TPSA) is 17.1 Å². The maximum Gasteiger partial charge on any atom is 0.248 e. The molecule has 0 amide bonds. The number of carbonyl (C=O) groups excluding carboxylic acids is 1. The first-order chi connectivity index (χ1) is 4.54. The van der Waals surface area contributed by atoms with Gasteiger partial charge in [0, 0.05) is 5.57 Å². The van der Waals surface area contributed by atoms with Gasteiger partial charge >= 0.3 is 0 Å². The molecule has 0 aromatic carbocycles. The first kappa shape index (κ1) is 7.80. The van der Waals surface area contributed by atoms with Gasteiger partial charge in [0.15, 0.2) is 0 Å². The normalized spacial score (nSPS) is 22.5. The third-order valence-electron chi connectivity index (χ3n) is 2.06. The molecule has 10 heavy (non-hydrogen) atoms. The summed E-state index contributed by atoms with van der Waals surface area (Å²) in [5, 5.41) is -0.289. The first-order valence-electron chi connectivity index (χ1n) is 3.44. The summed E-state index contributed by atoms with van der Waals surface area (Å²) in [6.07, 6.45) is 3.97. The van der Waals surface area contributed by atoms with Crippen molar-refractivity contribution in [3.63, 3.8) is 0 Å². The average Bonchev–Trinajstić information content (AvgIpc) is 2.08. The Morgan fingerprint density at radius 2 is 2.30 bits per heavy atom. The van der Waals surface area contributed by atoms with E-state index < -0.39 is 0 Å². The molecule has 56 valence electrons. The highest BCUT2D eigenvalue weighted by Crippen LogP contribution is 2.38. The van der Waals surface area contributed by atoms with Crippen molar-refractivity contribution in [3.8, 4) is 0 Å². The van der Waals surface area contributed by atoms with Crippen LogP contribution in [0.4, 0.5) is 0 Å². The van der Waals surface area contributed by atoms with E-state index in [0.717, 1.165) is 18.4 Å². The Morgan fingerprint density at radius 3 is 2.50 bits per heavy atom. The van der Waals surface area contributed by atoms with Crippen LogP contribution in [0.1, 0.15) is 26.7 Å². The van der Waals surface area contributed by atoms with Crippen molar-refractivity contribution in [1.82, 2.24) is 0 Å². The van der Waals surface area contributed by atoms with Crippen molar-refractivity contribution in [2.75, 3.05) is 0 Å². The van der Waals surface area contributed by atoms with Gasteiger partial charge in [-0.15, -0.1) is 0 Å². The molecular weight excluding hydrogens is 148 g/mol. The Kier molecular flexibility index (Phi) is 1.86. The van der Waals surface area contributed by atoms with Gasteiger partial charge in [0.1, 0.15) is 0 Å². The molecule has 0 N–H and O–H groups in total. The van der Waals surface area contributed by atoms with Gasteiger partial charge in [0.25, 0.3) is 0 Å². The molecule has 0 saturated carbocycles. The smallest absolute Gasteiger partial charge is 0.248 e. The van der Waals surface area contributed by atoms with Crippen molar-refractivity contribution in [2.45, 2.75) is 26.7 Å². The first-order valence-corrected chi connectivity index (χ1v) is 3.82. The summed E-state index contributed by atoms with van der Waals surface area (Å²) in [5.74, 6) is 0. The standard InChI is InChI=1S/C8H11ClO/c1-8(2)5-3-4-6(8)7(9)10/h4H,3,5H2,1-2H3. The molecule has 0 saturated heterocycles. The zero-order valence-corrected chi connectivity index (χ0v) is 7.03. The van der Waals surface area contributed by atoms with E-state index in [1.54, 1.807) is 0 Å². The summed E-state index contributed by atoms with van der Waals surface area (Å²) in [6, 6.07) is 0. The third-order valence-corrected chi connectivity index (χ3v) is 2.26. The molecule has 0 atom stereocenters. The van der Waals surface area contributed by atoms with Crippen LogP contribution in [-0.4, -0.2) is 5.24 Å². The van der Waals surface area contributed by atoms with Crippen LogP contribution in [0.5, 0.6) is 0 Å². The Morgan fingerprint density at radius 1 is 1.70 bits per heavy atom. The second-order valence-electron chi connectivity index (χ2n) is 3.31. The minimum atomic E-state index is -0.289. The highest BCUT2D eigenvalue weighted by atomic mass is 35.5. The monoisotopic (exact) mass is 158 g/mol. The second kappa shape index (κ2) is 2.39. The Bertz CT molecular complexity index is 191. The van der Waals surface area contributed by atoms with Gasteiger partial charge in [-0.25, -0.2) is 0 Å². The molecule has 1 nitrogen and oxygen atoms in total. The van der Waals surface area contributed by atoms with Crippen molar-refractivity contribution in [3.05, 3.63) is 11.6 Å². The van der Waals surface area contributed by atoms with E-state index in [-0.39, 0.29) is 10.7 Å². The summed E-state index contributed by atoms with van der Waals surface area (Å²) in [5.41, 5.74) is 0.799. The molecule has 0 bridgehead atoms. The fourth-order valence-electron chi connectivity index (χ4n) is 1.33. The van der Waals surface area contributed by atoms with Gasteiger partial charge in [-0.1, -0.05) is 19.9 Å². The zero-order valence-electron chi connectivity index (χ0n) is 6.28. The predicted octanol–water partition coefficient (Wildman–Crippen LogP) is 2.50. The number of carbonyl (C=O) groups is 1. The van der Waals surface area contributed by atoms with Crippen LogP contribution in [0.25, 0.3) is 0 Å². The van der Waals surface area contributed by atoms with Crippen LogP contribution < -0.4 is 0 Å².